The second-order valence-corrected chi connectivity index (χ2v) is 8.13. The fourth-order valence-corrected chi connectivity index (χ4v) is 4.43. The van der Waals surface area contributed by atoms with Crippen molar-refractivity contribution in [1.29, 1.82) is 0 Å². The minimum Gasteiger partial charge on any atom is -0.507 e. The number of aliphatic hydroxyl groups is 1. The average molecular weight is 407 g/mol. The van der Waals surface area contributed by atoms with Gasteiger partial charge in [-0.2, -0.15) is 0 Å². The SMILES string of the molecule is COc1ccc(CO)cc1S(=O)(=O)Nc1ccc(O)c(SC2=NCC=N2)c1. The summed E-state index contributed by atoms with van der Waals surface area (Å²) in [5.74, 6) is 0.148. The van der Waals surface area contributed by atoms with Gasteiger partial charge >= 0.3 is 0 Å². The molecule has 0 saturated carbocycles. The number of sulfonamides is 1. The number of nitrogens with zero attached hydrogens (tertiary/aromatic N) is 2. The Labute approximate surface area is 160 Å². The fourth-order valence-electron chi connectivity index (χ4n) is 2.33. The van der Waals surface area contributed by atoms with Crippen molar-refractivity contribution in [2.75, 3.05) is 18.4 Å². The average Bonchev–Trinajstić information content (AvgIpc) is 3.16. The smallest absolute Gasteiger partial charge is 0.265 e. The highest BCUT2D eigenvalue weighted by molar-refractivity contribution is 8.14. The van der Waals surface area contributed by atoms with Crippen molar-refractivity contribution < 1.29 is 23.4 Å². The molecule has 1 aliphatic heterocycles. The van der Waals surface area contributed by atoms with Crippen LogP contribution in [0.3, 0.4) is 0 Å². The molecule has 0 spiro atoms. The van der Waals surface area contributed by atoms with Crippen LogP contribution in [0.5, 0.6) is 11.5 Å². The van der Waals surface area contributed by atoms with Crippen molar-refractivity contribution in [3.63, 3.8) is 0 Å². The van der Waals surface area contributed by atoms with Crippen molar-refractivity contribution in [2.45, 2.75) is 16.4 Å². The molecule has 0 aromatic heterocycles. The van der Waals surface area contributed by atoms with Crippen LogP contribution in [-0.2, 0) is 16.6 Å². The van der Waals surface area contributed by atoms with E-state index in [4.69, 9.17) is 4.74 Å². The van der Waals surface area contributed by atoms with Gasteiger partial charge in [-0.1, -0.05) is 6.07 Å². The molecule has 0 atom stereocenters. The molecule has 0 amide bonds. The maximum Gasteiger partial charge on any atom is 0.265 e. The summed E-state index contributed by atoms with van der Waals surface area (Å²) in [4.78, 5) is 8.52. The largest absolute Gasteiger partial charge is 0.507 e. The molecule has 2 aromatic rings. The van der Waals surface area contributed by atoms with Crippen molar-refractivity contribution in [1.82, 2.24) is 0 Å². The Balaban J connectivity index is 1.91. The number of aromatic hydroxyl groups is 1. The van der Waals surface area contributed by atoms with E-state index in [0.717, 1.165) is 11.8 Å². The Morgan fingerprint density at radius 1 is 1.26 bits per heavy atom. The first-order chi connectivity index (χ1) is 12.9. The van der Waals surface area contributed by atoms with Crippen LogP contribution >= 0.6 is 11.8 Å². The van der Waals surface area contributed by atoms with Crippen LogP contribution in [-0.4, -0.2) is 43.7 Å². The number of hydrogen-bond acceptors (Lipinski definition) is 8. The topological polar surface area (TPSA) is 121 Å². The number of phenols is 1. The molecule has 0 fully saturated rings. The van der Waals surface area contributed by atoms with Crippen molar-refractivity contribution in [2.24, 2.45) is 9.98 Å². The highest BCUT2D eigenvalue weighted by Gasteiger charge is 2.21. The molecular formula is C17H17N3O5S2. The van der Waals surface area contributed by atoms with E-state index in [1.807, 2.05) is 0 Å². The molecule has 10 heteroatoms. The van der Waals surface area contributed by atoms with Gasteiger partial charge in [0, 0.05) is 6.21 Å². The van der Waals surface area contributed by atoms with Crippen molar-refractivity contribution >= 4 is 38.9 Å². The van der Waals surface area contributed by atoms with Crippen molar-refractivity contribution in [3.8, 4) is 11.5 Å². The summed E-state index contributed by atoms with van der Waals surface area (Å²) < 4.78 is 33.2. The monoisotopic (exact) mass is 407 g/mol. The Morgan fingerprint density at radius 3 is 2.74 bits per heavy atom. The van der Waals surface area contributed by atoms with Crippen LogP contribution in [0.25, 0.3) is 0 Å². The van der Waals surface area contributed by atoms with Crippen LogP contribution in [0.1, 0.15) is 5.56 Å². The predicted molar refractivity (Wildman–Crippen MR) is 104 cm³/mol. The van der Waals surface area contributed by atoms with Crippen LogP contribution in [0.2, 0.25) is 0 Å². The number of rotatable bonds is 6. The molecule has 1 aliphatic rings. The van der Waals surface area contributed by atoms with E-state index in [2.05, 4.69) is 14.7 Å². The zero-order chi connectivity index (χ0) is 19.4. The van der Waals surface area contributed by atoms with E-state index in [1.165, 1.54) is 37.4 Å². The summed E-state index contributed by atoms with van der Waals surface area (Å²) in [6.07, 6.45) is 1.65. The molecule has 0 saturated heterocycles. The van der Waals surface area contributed by atoms with Gasteiger partial charge in [-0.25, -0.2) is 13.4 Å². The molecule has 1 heterocycles. The number of hydrogen-bond donors (Lipinski definition) is 3. The van der Waals surface area contributed by atoms with Gasteiger partial charge in [0.15, 0.2) is 5.17 Å². The standard InChI is InChI=1S/C17H17N3O5S2/c1-25-14-5-2-11(10-21)8-16(14)27(23,24)20-12-3-4-13(22)15(9-12)26-17-18-6-7-19-17/h2-6,8-9,20-22H,7,10H2,1H3. The Hall–Kier alpha value is -2.56. The maximum atomic E-state index is 12.8. The molecule has 3 rings (SSSR count). The Bertz CT molecular complexity index is 1020. The van der Waals surface area contributed by atoms with E-state index in [-0.39, 0.29) is 28.7 Å². The van der Waals surface area contributed by atoms with Crippen molar-refractivity contribution in [3.05, 3.63) is 42.0 Å². The first-order valence-corrected chi connectivity index (χ1v) is 10.1. The third kappa shape index (κ3) is 4.41. The Morgan fingerprint density at radius 2 is 2.07 bits per heavy atom. The number of phenolic OH excluding ortho intramolecular Hbond substituents is 1. The molecule has 0 aliphatic carbocycles. The van der Waals surface area contributed by atoms with E-state index >= 15 is 0 Å². The third-order valence-corrected chi connectivity index (χ3v) is 5.99. The summed E-state index contributed by atoms with van der Waals surface area (Å²) in [5, 5.41) is 19.8. The molecule has 0 radical (unpaired) electrons. The molecule has 142 valence electrons. The number of nitrogens with one attached hydrogen (secondary N) is 1. The number of methoxy groups -OCH3 is 1. The highest BCUT2D eigenvalue weighted by atomic mass is 32.2. The van der Waals surface area contributed by atoms with Gasteiger partial charge in [0.1, 0.15) is 16.4 Å². The summed E-state index contributed by atoms with van der Waals surface area (Å²) in [6, 6.07) is 8.74. The normalized spacial score (nSPS) is 13.5. The zero-order valence-electron chi connectivity index (χ0n) is 14.3. The lowest BCUT2D eigenvalue weighted by atomic mass is 10.2. The number of benzene rings is 2. The van der Waals surface area contributed by atoms with Gasteiger partial charge in [-0.05, 0) is 47.7 Å². The summed E-state index contributed by atoms with van der Waals surface area (Å²) in [7, 11) is -2.62. The van der Waals surface area contributed by atoms with Crippen LogP contribution in [0.15, 0.2) is 56.2 Å². The zero-order valence-corrected chi connectivity index (χ0v) is 15.9. The third-order valence-electron chi connectivity index (χ3n) is 3.62. The van der Waals surface area contributed by atoms with Gasteiger partial charge in [0.05, 0.1) is 30.8 Å². The molecular weight excluding hydrogens is 390 g/mol. The van der Waals surface area contributed by atoms with E-state index < -0.39 is 10.0 Å². The number of amidine groups is 1. The van der Waals surface area contributed by atoms with E-state index in [1.54, 1.807) is 12.3 Å². The molecule has 0 unspecified atom stereocenters. The second-order valence-electron chi connectivity index (χ2n) is 5.47. The number of ether oxygens (including phenoxy) is 1. The molecule has 27 heavy (non-hydrogen) atoms. The van der Waals surface area contributed by atoms with Gasteiger partial charge in [-0.3, -0.25) is 9.71 Å². The molecule has 0 bridgehead atoms. The number of aliphatic imine (C=N–C) groups is 2. The van der Waals surface area contributed by atoms with Gasteiger partial charge in [-0.15, -0.1) is 0 Å². The quantitative estimate of drug-likeness (QED) is 0.632. The maximum absolute atomic E-state index is 12.8. The lowest BCUT2D eigenvalue weighted by Crippen LogP contribution is -2.14. The summed E-state index contributed by atoms with van der Waals surface area (Å²) in [5.41, 5.74) is 0.699. The lowest BCUT2D eigenvalue weighted by molar-refractivity contribution is 0.281. The van der Waals surface area contributed by atoms with Gasteiger partial charge < -0.3 is 14.9 Å². The van der Waals surface area contributed by atoms with E-state index in [9.17, 15) is 18.6 Å². The van der Waals surface area contributed by atoms with E-state index in [0.29, 0.717) is 22.2 Å². The second kappa shape index (κ2) is 7.99. The highest BCUT2D eigenvalue weighted by Crippen LogP contribution is 2.34. The predicted octanol–water partition coefficient (Wildman–Crippen LogP) is 2.23. The van der Waals surface area contributed by atoms with Crippen LogP contribution < -0.4 is 9.46 Å². The minimum atomic E-state index is -3.98. The number of anilines is 1. The lowest BCUT2D eigenvalue weighted by Gasteiger charge is -2.13. The molecule has 3 N–H and O–H groups in total. The van der Waals surface area contributed by atoms with Gasteiger partial charge in [0.2, 0.25) is 0 Å². The first kappa shape index (κ1) is 19.2. The summed E-state index contributed by atoms with van der Waals surface area (Å²) in [6.45, 7) is 0.186. The van der Waals surface area contributed by atoms with Crippen LogP contribution in [0, 0.1) is 0 Å². The van der Waals surface area contributed by atoms with Crippen LogP contribution in [0.4, 0.5) is 5.69 Å². The molecule has 8 nitrogen and oxygen atoms in total. The number of thioether (sulfide) groups is 1. The Kier molecular flexibility index (Phi) is 5.68. The first-order valence-electron chi connectivity index (χ1n) is 7.81. The molecule has 2 aromatic carbocycles. The minimum absolute atomic E-state index is 0.00685. The van der Waals surface area contributed by atoms with Gasteiger partial charge in [0.25, 0.3) is 10.0 Å². The fraction of sp³-hybridized carbons (Fsp3) is 0.176. The summed E-state index contributed by atoms with van der Waals surface area (Å²) >= 11 is 1.14. The number of aliphatic hydroxyl groups excluding tert-OH is 1.